The Labute approximate surface area is 194 Å². The van der Waals surface area contributed by atoms with E-state index in [-0.39, 0.29) is 23.7 Å². The highest BCUT2D eigenvalue weighted by molar-refractivity contribution is 9.10. The molecule has 1 aliphatic heterocycles. The van der Waals surface area contributed by atoms with Crippen molar-refractivity contribution >= 4 is 27.7 Å². The summed E-state index contributed by atoms with van der Waals surface area (Å²) in [7, 11) is 0. The molecule has 1 fully saturated rings. The molecule has 164 valence electrons. The summed E-state index contributed by atoms with van der Waals surface area (Å²) in [6, 6.07) is 17.1. The van der Waals surface area contributed by atoms with E-state index in [1.165, 1.54) is 24.3 Å². The Bertz CT molecular complexity index is 1140. The summed E-state index contributed by atoms with van der Waals surface area (Å²) in [5.74, 6) is -0.639. The number of hydrogen-bond acceptors (Lipinski definition) is 3. The second-order valence-electron chi connectivity index (χ2n) is 7.89. The first-order valence-corrected chi connectivity index (χ1v) is 11.3. The van der Waals surface area contributed by atoms with Crippen molar-refractivity contribution in [3.05, 3.63) is 87.8 Å². The Kier molecular flexibility index (Phi) is 6.65. The lowest BCUT2D eigenvalue weighted by Gasteiger charge is -2.32. The van der Waals surface area contributed by atoms with E-state index < -0.39 is 0 Å². The SMILES string of the molecule is Cc1nc(-c2cccc(Br)c2)ccc1C(=O)N1CCC(NC(=O)c2ccc(F)cc2)CC1. The number of benzene rings is 2. The Morgan fingerprint density at radius 3 is 2.44 bits per heavy atom. The average molecular weight is 496 g/mol. The molecule has 1 N–H and O–H groups in total. The summed E-state index contributed by atoms with van der Waals surface area (Å²) in [5.41, 5.74) is 3.52. The number of carbonyl (C=O) groups is 2. The van der Waals surface area contributed by atoms with E-state index in [1.807, 2.05) is 48.2 Å². The van der Waals surface area contributed by atoms with Gasteiger partial charge in [-0.3, -0.25) is 14.6 Å². The summed E-state index contributed by atoms with van der Waals surface area (Å²) in [6.45, 7) is 2.96. The van der Waals surface area contributed by atoms with E-state index in [9.17, 15) is 14.0 Å². The molecule has 0 unspecified atom stereocenters. The van der Waals surface area contributed by atoms with Gasteiger partial charge in [-0.1, -0.05) is 28.1 Å². The van der Waals surface area contributed by atoms with Crippen molar-refractivity contribution < 1.29 is 14.0 Å². The van der Waals surface area contributed by atoms with Crippen molar-refractivity contribution in [2.24, 2.45) is 0 Å². The maximum absolute atomic E-state index is 13.1. The lowest BCUT2D eigenvalue weighted by atomic mass is 10.0. The van der Waals surface area contributed by atoms with E-state index in [2.05, 4.69) is 26.2 Å². The summed E-state index contributed by atoms with van der Waals surface area (Å²) in [5, 5.41) is 2.98. The molecule has 2 aromatic carbocycles. The molecular formula is C25H23BrFN3O2. The Balaban J connectivity index is 1.37. The molecule has 1 saturated heterocycles. The van der Waals surface area contributed by atoms with Gasteiger partial charge in [0.2, 0.25) is 0 Å². The zero-order valence-corrected chi connectivity index (χ0v) is 19.2. The van der Waals surface area contributed by atoms with E-state index in [0.717, 1.165) is 15.7 Å². The summed E-state index contributed by atoms with van der Waals surface area (Å²) in [4.78, 5) is 31.9. The standard InChI is InChI=1S/C25H23BrFN3O2/c1-16-22(9-10-23(28-16)18-3-2-4-19(26)15-18)25(32)30-13-11-21(12-14-30)29-24(31)17-5-7-20(27)8-6-17/h2-10,15,21H,11-14H2,1H3,(H,29,31). The molecule has 0 bridgehead atoms. The van der Waals surface area contributed by atoms with Crippen LogP contribution in [0.5, 0.6) is 0 Å². The monoisotopic (exact) mass is 495 g/mol. The minimum atomic E-state index is -0.372. The third kappa shape index (κ3) is 5.05. The third-order valence-electron chi connectivity index (χ3n) is 5.66. The van der Waals surface area contributed by atoms with Crippen LogP contribution < -0.4 is 5.32 Å². The minimum absolute atomic E-state index is 0.0188. The molecule has 2 amide bonds. The number of likely N-dealkylation sites (tertiary alicyclic amines) is 1. The van der Waals surface area contributed by atoms with Crippen molar-refractivity contribution in [1.29, 1.82) is 0 Å². The number of nitrogens with zero attached hydrogens (tertiary/aromatic N) is 2. The van der Waals surface area contributed by atoms with Crippen LogP contribution in [0.1, 0.15) is 39.3 Å². The molecule has 0 saturated carbocycles. The molecule has 0 spiro atoms. The highest BCUT2D eigenvalue weighted by Crippen LogP contribution is 2.24. The molecule has 2 heterocycles. The average Bonchev–Trinajstić information content (AvgIpc) is 2.79. The molecule has 5 nitrogen and oxygen atoms in total. The smallest absolute Gasteiger partial charge is 0.255 e. The van der Waals surface area contributed by atoms with Crippen LogP contribution in [0.4, 0.5) is 4.39 Å². The summed E-state index contributed by atoms with van der Waals surface area (Å²) >= 11 is 3.47. The minimum Gasteiger partial charge on any atom is -0.349 e. The second-order valence-corrected chi connectivity index (χ2v) is 8.80. The van der Waals surface area contributed by atoms with E-state index in [0.29, 0.717) is 42.8 Å². The van der Waals surface area contributed by atoms with Gasteiger partial charge >= 0.3 is 0 Å². The first kappa shape index (κ1) is 22.1. The van der Waals surface area contributed by atoms with Crippen LogP contribution in [0.15, 0.2) is 65.1 Å². The normalized spacial score (nSPS) is 14.3. The van der Waals surface area contributed by atoms with Crippen LogP contribution in [0.25, 0.3) is 11.3 Å². The number of amides is 2. The lowest BCUT2D eigenvalue weighted by Crippen LogP contribution is -2.46. The number of rotatable bonds is 4. The number of piperidine rings is 1. The molecule has 4 rings (SSSR count). The first-order chi connectivity index (χ1) is 15.4. The number of aryl methyl sites for hydroxylation is 1. The molecule has 0 aliphatic carbocycles. The fourth-order valence-corrected chi connectivity index (χ4v) is 4.26. The van der Waals surface area contributed by atoms with Gasteiger partial charge < -0.3 is 10.2 Å². The van der Waals surface area contributed by atoms with Crippen molar-refractivity contribution in [1.82, 2.24) is 15.2 Å². The van der Waals surface area contributed by atoms with Crippen molar-refractivity contribution in [3.8, 4) is 11.3 Å². The van der Waals surface area contributed by atoms with E-state index in [1.54, 1.807) is 0 Å². The topological polar surface area (TPSA) is 62.3 Å². The summed E-state index contributed by atoms with van der Waals surface area (Å²) in [6.07, 6.45) is 1.34. The largest absolute Gasteiger partial charge is 0.349 e. The number of pyridine rings is 1. The Hall–Kier alpha value is -3.06. The van der Waals surface area contributed by atoms with Crippen LogP contribution in [-0.4, -0.2) is 40.8 Å². The number of carbonyl (C=O) groups excluding carboxylic acids is 2. The van der Waals surface area contributed by atoms with Crippen LogP contribution in [0.3, 0.4) is 0 Å². The maximum atomic E-state index is 13.1. The van der Waals surface area contributed by atoms with Crippen molar-refractivity contribution in [3.63, 3.8) is 0 Å². The van der Waals surface area contributed by atoms with Crippen LogP contribution in [0.2, 0.25) is 0 Å². The highest BCUT2D eigenvalue weighted by Gasteiger charge is 2.26. The third-order valence-corrected chi connectivity index (χ3v) is 6.15. The van der Waals surface area contributed by atoms with Gasteiger partial charge in [0.05, 0.1) is 17.0 Å². The first-order valence-electron chi connectivity index (χ1n) is 10.5. The van der Waals surface area contributed by atoms with Crippen LogP contribution in [-0.2, 0) is 0 Å². The second kappa shape index (κ2) is 9.61. The molecule has 32 heavy (non-hydrogen) atoms. The van der Waals surface area contributed by atoms with E-state index >= 15 is 0 Å². The van der Waals surface area contributed by atoms with Crippen molar-refractivity contribution in [2.75, 3.05) is 13.1 Å². The molecule has 1 aliphatic rings. The fourth-order valence-electron chi connectivity index (χ4n) is 3.86. The fraction of sp³-hybridized carbons (Fsp3) is 0.240. The summed E-state index contributed by atoms with van der Waals surface area (Å²) < 4.78 is 14.0. The highest BCUT2D eigenvalue weighted by atomic mass is 79.9. The number of aromatic nitrogens is 1. The number of nitrogens with one attached hydrogen (secondary N) is 1. The molecule has 7 heteroatoms. The Morgan fingerprint density at radius 1 is 1.06 bits per heavy atom. The molecule has 0 radical (unpaired) electrons. The van der Waals surface area contributed by atoms with Gasteiger partial charge in [0.25, 0.3) is 11.8 Å². The molecular weight excluding hydrogens is 473 g/mol. The molecule has 1 aromatic heterocycles. The maximum Gasteiger partial charge on any atom is 0.255 e. The molecule has 3 aromatic rings. The van der Waals surface area contributed by atoms with Gasteiger partial charge in [-0.2, -0.15) is 0 Å². The van der Waals surface area contributed by atoms with Crippen LogP contribution in [0, 0.1) is 12.7 Å². The van der Waals surface area contributed by atoms with Gasteiger partial charge in [-0.15, -0.1) is 0 Å². The zero-order valence-electron chi connectivity index (χ0n) is 17.6. The number of halogens is 2. The number of hydrogen-bond donors (Lipinski definition) is 1. The predicted octanol–water partition coefficient (Wildman–Crippen LogP) is 4.99. The predicted molar refractivity (Wildman–Crippen MR) is 125 cm³/mol. The molecule has 0 atom stereocenters. The quantitative estimate of drug-likeness (QED) is 0.554. The zero-order chi connectivity index (χ0) is 22.7. The van der Waals surface area contributed by atoms with Gasteiger partial charge in [-0.25, -0.2) is 4.39 Å². The van der Waals surface area contributed by atoms with Gasteiger partial charge in [0.1, 0.15) is 5.82 Å². The van der Waals surface area contributed by atoms with Crippen molar-refractivity contribution in [2.45, 2.75) is 25.8 Å². The van der Waals surface area contributed by atoms with Gasteiger partial charge in [0, 0.05) is 34.7 Å². The van der Waals surface area contributed by atoms with Gasteiger partial charge in [0.15, 0.2) is 0 Å². The van der Waals surface area contributed by atoms with Crippen LogP contribution >= 0.6 is 15.9 Å². The van der Waals surface area contributed by atoms with E-state index in [4.69, 9.17) is 0 Å². The lowest BCUT2D eigenvalue weighted by molar-refractivity contribution is 0.0697. The van der Waals surface area contributed by atoms with Gasteiger partial charge in [-0.05, 0) is 68.3 Å². The Morgan fingerprint density at radius 2 is 1.78 bits per heavy atom.